The van der Waals surface area contributed by atoms with Crippen LogP contribution in [0.15, 0.2) is 22.7 Å². The van der Waals surface area contributed by atoms with E-state index in [1.165, 1.54) is 12.8 Å². The monoisotopic (exact) mass is 326 g/mol. The molecule has 1 saturated heterocycles. The predicted molar refractivity (Wildman–Crippen MR) is 80.0 cm³/mol. The summed E-state index contributed by atoms with van der Waals surface area (Å²) in [6.07, 6.45) is 2.64. The Morgan fingerprint density at radius 3 is 2.79 bits per heavy atom. The van der Waals surface area contributed by atoms with Crippen LogP contribution >= 0.6 is 15.9 Å². The molecule has 1 aromatic carbocycles. The quantitative estimate of drug-likeness (QED) is 0.894. The van der Waals surface area contributed by atoms with E-state index < -0.39 is 0 Å². The van der Waals surface area contributed by atoms with Crippen LogP contribution in [0.5, 0.6) is 0 Å². The summed E-state index contributed by atoms with van der Waals surface area (Å²) < 4.78 is 14.3. The van der Waals surface area contributed by atoms with Gasteiger partial charge in [-0.15, -0.1) is 0 Å². The third-order valence-corrected chi connectivity index (χ3v) is 5.19. The van der Waals surface area contributed by atoms with Crippen LogP contribution in [0.1, 0.15) is 26.7 Å². The Morgan fingerprint density at radius 1 is 1.42 bits per heavy atom. The lowest BCUT2D eigenvalue weighted by molar-refractivity contribution is 0.260. The summed E-state index contributed by atoms with van der Waals surface area (Å²) in [6, 6.07) is 5.84. The molecule has 4 heteroatoms. The smallest absolute Gasteiger partial charge is 0.139 e. The molecule has 1 N–H and O–H groups in total. The van der Waals surface area contributed by atoms with E-state index in [0.717, 1.165) is 24.7 Å². The van der Waals surface area contributed by atoms with Gasteiger partial charge in [-0.05, 0) is 66.7 Å². The van der Waals surface area contributed by atoms with Crippen LogP contribution in [0.2, 0.25) is 0 Å². The van der Waals surface area contributed by atoms with Crippen molar-refractivity contribution in [1.29, 1.82) is 0 Å². The molecule has 0 amide bonds. The van der Waals surface area contributed by atoms with E-state index in [2.05, 4.69) is 40.0 Å². The molecule has 2 unspecified atom stereocenters. The lowest BCUT2D eigenvalue weighted by atomic mass is 9.91. The van der Waals surface area contributed by atoms with Crippen molar-refractivity contribution in [3.8, 4) is 0 Å². The van der Waals surface area contributed by atoms with Crippen LogP contribution in [0, 0.1) is 11.7 Å². The number of benzene rings is 1. The highest BCUT2D eigenvalue weighted by Gasteiger charge is 2.45. The largest absolute Gasteiger partial charge is 0.366 e. The highest BCUT2D eigenvalue weighted by molar-refractivity contribution is 9.10. The third-order valence-electron chi connectivity index (χ3n) is 4.55. The van der Waals surface area contributed by atoms with Gasteiger partial charge < -0.3 is 10.2 Å². The minimum absolute atomic E-state index is 0.177. The zero-order valence-corrected chi connectivity index (χ0v) is 13.0. The molecule has 2 fully saturated rings. The lowest BCUT2D eigenvalue weighted by Gasteiger charge is -2.47. The standard InChI is InChI=1S/C15H20BrFN2/c1-10-8-18-15(2,11-3-4-11)9-19(10)12-5-6-13(16)14(17)7-12/h5-7,10-11,18H,3-4,8-9H2,1-2H3. The fourth-order valence-corrected chi connectivity index (χ4v) is 3.31. The van der Waals surface area contributed by atoms with Crippen LogP contribution in [-0.4, -0.2) is 24.7 Å². The Balaban J connectivity index is 1.86. The number of hydrogen-bond donors (Lipinski definition) is 1. The second kappa shape index (κ2) is 4.74. The van der Waals surface area contributed by atoms with Crippen molar-refractivity contribution in [3.05, 3.63) is 28.5 Å². The SMILES string of the molecule is CC1CNC(C)(C2CC2)CN1c1ccc(Br)c(F)c1. The van der Waals surface area contributed by atoms with Gasteiger partial charge in [-0.3, -0.25) is 0 Å². The molecule has 0 spiro atoms. The summed E-state index contributed by atoms with van der Waals surface area (Å²) in [5, 5.41) is 3.69. The molecule has 19 heavy (non-hydrogen) atoms. The van der Waals surface area contributed by atoms with Gasteiger partial charge in [-0.25, -0.2) is 4.39 Å². The van der Waals surface area contributed by atoms with Crippen molar-refractivity contribution in [2.45, 2.75) is 38.3 Å². The number of nitrogens with one attached hydrogen (secondary N) is 1. The fourth-order valence-electron chi connectivity index (χ4n) is 3.06. The van der Waals surface area contributed by atoms with Gasteiger partial charge >= 0.3 is 0 Å². The van der Waals surface area contributed by atoms with Crippen molar-refractivity contribution in [1.82, 2.24) is 5.32 Å². The maximum atomic E-state index is 13.7. The van der Waals surface area contributed by atoms with Crippen molar-refractivity contribution in [2.24, 2.45) is 5.92 Å². The van der Waals surface area contributed by atoms with Gasteiger partial charge in [0, 0.05) is 30.4 Å². The fraction of sp³-hybridized carbons (Fsp3) is 0.600. The molecule has 2 atom stereocenters. The predicted octanol–water partition coefficient (Wildman–Crippen LogP) is 3.56. The van der Waals surface area contributed by atoms with Gasteiger partial charge in [0.15, 0.2) is 0 Å². The van der Waals surface area contributed by atoms with Crippen LogP contribution in [0.3, 0.4) is 0 Å². The number of rotatable bonds is 2. The lowest BCUT2D eigenvalue weighted by Crippen LogP contribution is -2.63. The summed E-state index contributed by atoms with van der Waals surface area (Å²) in [6.45, 7) is 6.42. The van der Waals surface area contributed by atoms with E-state index in [-0.39, 0.29) is 11.4 Å². The molecule has 0 radical (unpaired) electrons. The Bertz CT molecular complexity index is 489. The van der Waals surface area contributed by atoms with Crippen molar-refractivity contribution in [3.63, 3.8) is 0 Å². The molecule has 3 rings (SSSR count). The Morgan fingerprint density at radius 2 is 2.16 bits per heavy atom. The van der Waals surface area contributed by atoms with E-state index in [1.54, 1.807) is 12.1 Å². The van der Waals surface area contributed by atoms with Crippen LogP contribution < -0.4 is 10.2 Å². The Labute approximate surface area is 122 Å². The number of halogens is 2. The molecule has 0 aromatic heterocycles. The minimum atomic E-state index is -0.184. The van der Waals surface area contributed by atoms with Gasteiger partial charge in [0.05, 0.1) is 4.47 Å². The molecule has 1 aromatic rings. The van der Waals surface area contributed by atoms with Crippen molar-refractivity contribution >= 4 is 21.6 Å². The van der Waals surface area contributed by atoms with E-state index in [0.29, 0.717) is 10.5 Å². The maximum Gasteiger partial charge on any atom is 0.139 e. The highest BCUT2D eigenvalue weighted by atomic mass is 79.9. The van der Waals surface area contributed by atoms with E-state index in [1.807, 2.05) is 6.07 Å². The first-order valence-corrected chi connectivity index (χ1v) is 7.75. The summed E-state index contributed by atoms with van der Waals surface area (Å²) in [4.78, 5) is 2.34. The van der Waals surface area contributed by atoms with Gasteiger partial charge in [-0.1, -0.05) is 0 Å². The number of hydrogen-bond acceptors (Lipinski definition) is 2. The molecule has 2 aliphatic rings. The highest BCUT2D eigenvalue weighted by Crippen LogP contribution is 2.42. The molecule has 1 aliphatic carbocycles. The Hall–Kier alpha value is -0.610. The zero-order chi connectivity index (χ0) is 13.6. The second-order valence-electron chi connectivity index (χ2n) is 6.15. The first-order chi connectivity index (χ1) is 8.99. The number of nitrogens with zero attached hydrogens (tertiary/aromatic N) is 1. The molecule has 2 nitrogen and oxygen atoms in total. The first-order valence-electron chi connectivity index (χ1n) is 6.96. The molecule has 1 saturated carbocycles. The molecular formula is C15H20BrFN2. The maximum absolute atomic E-state index is 13.7. The molecule has 1 aliphatic heterocycles. The summed E-state index contributed by atoms with van der Waals surface area (Å²) in [5.41, 5.74) is 1.16. The molecule has 1 heterocycles. The number of anilines is 1. The van der Waals surface area contributed by atoms with E-state index >= 15 is 0 Å². The summed E-state index contributed by atoms with van der Waals surface area (Å²) in [7, 11) is 0. The molecular weight excluding hydrogens is 307 g/mol. The topological polar surface area (TPSA) is 15.3 Å². The summed E-state index contributed by atoms with van der Waals surface area (Å²) in [5.74, 6) is 0.596. The van der Waals surface area contributed by atoms with Crippen LogP contribution in [0.25, 0.3) is 0 Å². The Kier molecular flexibility index (Phi) is 3.34. The van der Waals surface area contributed by atoms with E-state index in [9.17, 15) is 4.39 Å². The normalized spacial score (nSPS) is 31.6. The molecule has 104 valence electrons. The van der Waals surface area contributed by atoms with Gasteiger partial charge in [0.1, 0.15) is 5.82 Å². The van der Waals surface area contributed by atoms with Crippen LogP contribution in [-0.2, 0) is 0 Å². The molecule has 0 bridgehead atoms. The zero-order valence-electron chi connectivity index (χ0n) is 11.4. The third kappa shape index (κ3) is 2.52. The van der Waals surface area contributed by atoms with E-state index in [4.69, 9.17) is 0 Å². The number of piperazine rings is 1. The average Bonchev–Trinajstić information content (AvgIpc) is 3.21. The van der Waals surface area contributed by atoms with Crippen molar-refractivity contribution < 1.29 is 4.39 Å². The second-order valence-corrected chi connectivity index (χ2v) is 7.00. The van der Waals surface area contributed by atoms with Gasteiger partial charge in [0.25, 0.3) is 0 Å². The van der Waals surface area contributed by atoms with Gasteiger partial charge in [-0.2, -0.15) is 0 Å². The summed E-state index contributed by atoms with van der Waals surface area (Å²) >= 11 is 3.22. The average molecular weight is 327 g/mol. The minimum Gasteiger partial charge on any atom is -0.366 e. The van der Waals surface area contributed by atoms with Crippen molar-refractivity contribution in [2.75, 3.05) is 18.0 Å². The first kappa shape index (κ1) is 13.4. The van der Waals surface area contributed by atoms with Crippen LogP contribution in [0.4, 0.5) is 10.1 Å². The van der Waals surface area contributed by atoms with Gasteiger partial charge in [0.2, 0.25) is 0 Å².